The summed E-state index contributed by atoms with van der Waals surface area (Å²) >= 11 is 10.2. The van der Waals surface area contributed by atoms with Crippen LogP contribution in [0, 0.1) is 0 Å². The van der Waals surface area contributed by atoms with Gasteiger partial charge >= 0.3 is 0 Å². The monoisotopic (exact) mass is 865 g/mol. The van der Waals surface area contributed by atoms with Crippen molar-refractivity contribution in [2.75, 3.05) is 17.2 Å². The van der Waals surface area contributed by atoms with E-state index >= 15 is 0 Å². The van der Waals surface area contributed by atoms with Gasteiger partial charge in [-0.15, -0.1) is 0 Å². The van der Waals surface area contributed by atoms with Crippen molar-refractivity contribution in [2.24, 2.45) is 0 Å². The average molecular weight is 868 g/mol. The van der Waals surface area contributed by atoms with Crippen LogP contribution in [-0.4, -0.2) is 69.0 Å². The van der Waals surface area contributed by atoms with Crippen LogP contribution in [0.4, 0.5) is 17.5 Å². The number of nitrogens with two attached hydrogens (primary N) is 3. The molecule has 1 aliphatic carbocycles. The first-order valence-electron chi connectivity index (χ1n) is 15.1. The molecule has 7 heterocycles. The first kappa shape index (κ1) is 34.8. The lowest BCUT2D eigenvalue weighted by atomic mass is 10.1. The summed E-state index contributed by atoms with van der Waals surface area (Å²) in [5.74, 6) is 4.03. The first-order chi connectivity index (χ1) is 24.1. The van der Waals surface area contributed by atoms with Crippen LogP contribution in [0.3, 0.4) is 0 Å². The second-order valence-corrected chi connectivity index (χ2v) is 13.4. The molecule has 0 amide bonds. The zero-order valence-electron chi connectivity index (χ0n) is 26.6. The zero-order valence-corrected chi connectivity index (χ0v) is 31.4. The van der Waals surface area contributed by atoms with Crippen LogP contribution in [0.25, 0.3) is 23.7 Å². The fraction of sp³-hybridized carbons (Fsp3) is 0.200. The van der Waals surface area contributed by atoms with Crippen molar-refractivity contribution in [1.82, 2.24) is 69.0 Å². The van der Waals surface area contributed by atoms with Gasteiger partial charge in [-0.3, -0.25) is 0 Å². The maximum Gasteiger partial charge on any atom is 0.254 e. The van der Waals surface area contributed by atoms with Crippen LogP contribution in [0.1, 0.15) is 49.9 Å². The van der Waals surface area contributed by atoms with E-state index in [4.69, 9.17) is 17.2 Å². The summed E-state index contributed by atoms with van der Waals surface area (Å²) in [6.07, 6.45) is 16.1. The largest absolute Gasteiger partial charge is 0.383 e. The molecule has 0 unspecified atom stereocenters. The Balaban J connectivity index is 0.000000130. The molecule has 0 spiro atoms. The van der Waals surface area contributed by atoms with E-state index in [1.807, 2.05) is 12.1 Å². The second kappa shape index (κ2) is 15.2. The number of nitrogen functional groups attached to an aromatic ring is 3. The molecule has 20 heteroatoms. The van der Waals surface area contributed by atoms with Crippen LogP contribution in [0.5, 0.6) is 0 Å². The molecule has 7 aromatic rings. The molecule has 0 atom stereocenters. The maximum atomic E-state index is 5.85. The lowest BCUT2D eigenvalue weighted by Crippen LogP contribution is -2.10. The van der Waals surface area contributed by atoms with Crippen molar-refractivity contribution in [3.8, 4) is 23.7 Å². The number of aromatic nitrogens is 14. The van der Waals surface area contributed by atoms with Gasteiger partial charge in [-0.1, -0.05) is 13.8 Å². The van der Waals surface area contributed by atoms with Gasteiger partial charge in [0.05, 0.1) is 20.3 Å². The Bertz CT molecular complexity index is 2070. The summed E-state index contributed by atoms with van der Waals surface area (Å²) in [7, 11) is 0. The van der Waals surface area contributed by atoms with E-state index < -0.39 is 0 Å². The Labute approximate surface area is 310 Å². The predicted octanol–water partition coefficient (Wildman–Crippen LogP) is 5.21. The Morgan fingerprint density at radius 3 is 1.42 bits per heavy atom. The normalized spacial score (nSPS) is 12.3. The molecule has 256 valence electrons. The Hall–Kier alpha value is -5.08. The van der Waals surface area contributed by atoms with E-state index in [1.54, 1.807) is 75.8 Å². The van der Waals surface area contributed by atoms with Gasteiger partial charge < -0.3 is 17.2 Å². The third-order valence-electron chi connectivity index (χ3n) is 6.99. The molecule has 1 saturated carbocycles. The number of nitrogens with zero attached hydrogens (tertiary/aromatic N) is 14. The minimum absolute atomic E-state index is 0.272. The molecule has 50 heavy (non-hydrogen) atoms. The van der Waals surface area contributed by atoms with Gasteiger partial charge in [0.2, 0.25) is 0 Å². The fourth-order valence-electron chi connectivity index (χ4n) is 4.40. The molecule has 17 nitrogen and oxygen atoms in total. The Kier molecular flexibility index (Phi) is 10.6. The summed E-state index contributed by atoms with van der Waals surface area (Å²) in [5.41, 5.74) is 19.4. The van der Waals surface area contributed by atoms with Gasteiger partial charge in [0.1, 0.15) is 21.9 Å². The van der Waals surface area contributed by atoms with Crippen molar-refractivity contribution in [2.45, 2.75) is 38.5 Å². The van der Waals surface area contributed by atoms with Gasteiger partial charge in [-0.25, -0.2) is 28.7 Å². The van der Waals surface area contributed by atoms with Crippen LogP contribution in [-0.2, 0) is 0 Å². The van der Waals surface area contributed by atoms with Crippen molar-refractivity contribution < 1.29 is 0 Å². The van der Waals surface area contributed by atoms with Crippen molar-refractivity contribution >= 4 is 65.2 Å². The standard InChI is InChI=1S/C10H8BrN7.C10H10BrN5.C10H12BrN5/c11-7-8(12)15-10(18-6-2-4-14-18)16-9(7)17-5-1-3-13-17;11-7-8(6-2-3-6)14-10(15-9(7)12)16-5-1-4-13-16;1-6(2)8-7(11)9(12)15-10(14-8)16-5-3-4-13-16/h1-6H,(H2,12,15,16);1,4-6H,2-3H2,(H2,12,14,15);3-6H,1-2H3,(H2,12,14,15). The highest BCUT2D eigenvalue weighted by molar-refractivity contribution is 9.11. The SMILES string of the molecule is CC(C)c1nc(-n2cccn2)nc(N)c1Br.Nc1nc(-n2cccn2)nc(-n2cccn2)c1Br.Nc1nc(-n2cccn2)nc(C2CC2)c1Br. The van der Waals surface area contributed by atoms with Gasteiger partial charge in [-0.2, -0.15) is 40.3 Å². The van der Waals surface area contributed by atoms with E-state index in [0.717, 1.165) is 20.3 Å². The minimum Gasteiger partial charge on any atom is -0.383 e. The predicted molar refractivity (Wildman–Crippen MR) is 197 cm³/mol. The highest BCUT2D eigenvalue weighted by Crippen LogP contribution is 2.43. The average Bonchev–Trinajstić information content (AvgIpc) is 3.71. The summed E-state index contributed by atoms with van der Waals surface area (Å²) in [6.45, 7) is 4.11. The smallest absolute Gasteiger partial charge is 0.254 e. The highest BCUT2D eigenvalue weighted by Gasteiger charge is 2.29. The Morgan fingerprint density at radius 1 is 0.560 bits per heavy atom. The van der Waals surface area contributed by atoms with Crippen LogP contribution >= 0.6 is 47.8 Å². The number of rotatable bonds is 6. The summed E-state index contributed by atoms with van der Waals surface area (Å²) < 4.78 is 8.54. The lowest BCUT2D eigenvalue weighted by molar-refractivity contribution is 0.754. The van der Waals surface area contributed by atoms with Crippen LogP contribution < -0.4 is 17.2 Å². The third-order valence-corrected chi connectivity index (χ3v) is 9.38. The molecule has 1 fully saturated rings. The molecule has 0 bridgehead atoms. The van der Waals surface area contributed by atoms with Gasteiger partial charge in [0, 0.05) is 55.5 Å². The minimum atomic E-state index is 0.272. The van der Waals surface area contributed by atoms with E-state index in [1.165, 1.54) is 17.5 Å². The Morgan fingerprint density at radius 2 is 0.980 bits per heavy atom. The van der Waals surface area contributed by atoms with Gasteiger partial charge in [-0.05, 0) is 90.8 Å². The molecule has 7 aromatic heterocycles. The number of hydrogen-bond acceptors (Lipinski definition) is 13. The second-order valence-electron chi connectivity index (χ2n) is 11.0. The lowest BCUT2D eigenvalue weighted by Gasteiger charge is -2.10. The van der Waals surface area contributed by atoms with E-state index in [-0.39, 0.29) is 5.92 Å². The molecule has 1 aliphatic rings. The van der Waals surface area contributed by atoms with Crippen molar-refractivity contribution in [1.29, 1.82) is 0 Å². The molecule has 0 saturated heterocycles. The molecular formula is C30H30Br3N17. The molecule has 0 aliphatic heterocycles. The van der Waals surface area contributed by atoms with E-state index in [9.17, 15) is 0 Å². The number of anilines is 3. The molecular weight excluding hydrogens is 838 g/mol. The first-order valence-corrected chi connectivity index (χ1v) is 17.5. The van der Waals surface area contributed by atoms with E-state index in [0.29, 0.717) is 51.5 Å². The molecule has 6 N–H and O–H groups in total. The molecule has 0 aromatic carbocycles. The topological polar surface area (TPSA) is 227 Å². The quantitative estimate of drug-likeness (QED) is 0.195. The highest BCUT2D eigenvalue weighted by atomic mass is 79.9. The number of hydrogen-bond donors (Lipinski definition) is 3. The summed E-state index contributed by atoms with van der Waals surface area (Å²) in [4.78, 5) is 25.9. The number of halogens is 3. The fourth-order valence-corrected chi connectivity index (χ4v) is 5.90. The van der Waals surface area contributed by atoms with E-state index in [2.05, 4.69) is 112 Å². The summed E-state index contributed by atoms with van der Waals surface area (Å²) in [5, 5.41) is 16.4. The maximum absolute atomic E-state index is 5.85. The van der Waals surface area contributed by atoms with Crippen molar-refractivity contribution in [3.05, 3.63) is 98.6 Å². The van der Waals surface area contributed by atoms with Gasteiger partial charge in [0.15, 0.2) is 5.82 Å². The zero-order chi connectivity index (χ0) is 35.4. The third kappa shape index (κ3) is 7.87. The molecule has 8 rings (SSSR count). The van der Waals surface area contributed by atoms with Crippen LogP contribution in [0.2, 0.25) is 0 Å². The summed E-state index contributed by atoms with van der Waals surface area (Å²) in [6, 6.07) is 7.24. The molecule has 0 radical (unpaired) electrons. The van der Waals surface area contributed by atoms with Gasteiger partial charge in [0.25, 0.3) is 17.8 Å². The van der Waals surface area contributed by atoms with Crippen LogP contribution in [0.15, 0.2) is 87.3 Å². The van der Waals surface area contributed by atoms with Crippen molar-refractivity contribution in [3.63, 3.8) is 0 Å².